The van der Waals surface area contributed by atoms with Crippen LogP contribution in [0.5, 0.6) is 0 Å². The summed E-state index contributed by atoms with van der Waals surface area (Å²) < 4.78 is 24.1. The lowest BCUT2D eigenvalue weighted by atomic mass is 10.0. The monoisotopic (exact) mass is 344 g/mol. The Kier molecular flexibility index (Phi) is 5.47. The quantitative estimate of drug-likeness (QED) is 0.847. The fourth-order valence-electron chi connectivity index (χ4n) is 2.70. The molecule has 0 bridgehead atoms. The minimum absolute atomic E-state index is 0. The van der Waals surface area contributed by atoms with E-state index in [2.05, 4.69) is 10.6 Å². The van der Waals surface area contributed by atoms with Crippen molar-refractivity contribution < 1.29 is 13.2 Å². The molecule has 5 nitrogen and oxygen atoms in total. The number of carbonyl (C=O) groups is 1. The summed E-state index contributed by atoms with van der Waals surface area (Å²) in [4.78, 5) is 12.3. The fourth-order valence-corrected chi connectivity index (χ4v) is 4.32. The summed E-state index contributed by atoms with van der Waals surface area (Å²) in [5.41, 5.74) is 0.708. The molecule has 1 aliphatic carbocycles. The average molecular weight is 345 g/mol. The highest BCUT2D eigenvalue weighted by molar-refractivity contribution is 7.91. The summed E-state index contributed by atoms with van der Waals surface area (Å²) in [6.45, 7) is 1.19. The normalized spacial score (nSPS) is 22.3. The number of benzene rings is 1. The SMILES string of the molecule is Cl.O=C(CNCC1CC1)NC1CCS(=O)(=O)c2ccccc21. The van der Waals surface area contributed by atoms with Crippen LogP contribution in [-0.4, -0.2) is 33.2 Å². The number of hydrogen-bond donors (Lipinski definition) is 2. The first-order valence-corrected chi connectivity index (χ1v) is 9.03. The molecule has 1 unspecified atom stereocenters. The van der Waals surface area contributed by atoms with Gasteiger partial charge < -0.3 is 10.6 Å². The predicted molar refractivity (Wildman–Crippen MR) is 86.8 cm³/mol. The van der Waals surface area contributed by atoms with Gasteiger partial charge in [-0.25, -0.2) is 8.42 Å². The Hall–Kier alpha value is -1.11. The van der Waals surface area contributed by atoms with Gasteiger partial charge >= 0.3 is 0 Å². The minimum Gasteiger partial charge on any atom is -0.348 e. The smallest absolute Gasteiger partial charge is 0.234 e. The van der Waals surface area contributed by atoms with Gasteiger partial charge in [-0.2, -0.15) is 0 Å². The molecule has 3 rings (SSSR count). The van der Waals surface area contributed by atoms with Crippen molar-refractivity contribution in [3.63, 3.8) is 0 Å². The molecule has 22 heavy (non-hydrogen) atoms. The zero-order chi connectivity index (χ0) is 14.9. The Morgan fingerprint density at radius 2 is 1.91 bits per heavy atom. The third-order valence-electron chi connectivity index (χ3n) is 4.06. The maximum atomic E-state index is 12.0. The van der Waals surface area contributed by atoms with Crippen LogP contribution in [0.25, 0.3) is 0 Å². The first-order chi connectivity index (χ1) is 10.1. The summed E-state index contributed by atoms with van der Waals surface area (Å²) in [6.07, 6.45) is 2.94. The molecule has 0 radical (unpaired) electrons. The molecular weight excluding hydrogens is 324 g/mol. The maximum absolute atomic E-state index is 12.0. The van der Waals surface area contributed by atoms with Gasteiger partial charge in [0.2, 0.25) is 5.91 Å². The molecule has 1 atom stereocenters. The molecule has 1 heterocycles. The van der Waals surface area contributed by atoms with Gasteiger partial charge in [0.15, 0.2) is 9.84 Å². The molecule has 122 valence electrons. The lowest BCUT2D eigenvalue weighted by Gasteiger charge is -2.26. The van der Waals surface area contributed by atoms with E-state index in [9.17, 15) is 13.2 Å². The largest absolute Gasteiger partial charge is 0.348 e. The zero-order valence-corrected chi connectivity index (χ0v) is 13.9. The van der Waals surface area contributed by atoms with Crippen molar-refractivity contribution in [2.45, 2.75) is 30.2 Å². The average Bonchev–Trinajstić information content (AvgIpc) is 3.27. The van der Waals surface area contributed by atoms with Crippen molar-refractivity contribution in [1.29, 1.82) is 0 Å². The van der Waals surface area contributed by atoms with Crippen LogP contribution >= 0.6 is 12.4 Å². The van der Waals surface area contributed by atoms with E-state index < -0.39 is 9.84 Å². The van der Waals surface area contributed by atoms with E-state index in [-0.39, 0.29) is 30.1 Å². The van der Waals surface area contributed by atoms with Crippen molar-refractivity contribution in [3.8, 4) is 0 Å². The van der Waals surface area contributed by atoms with Gasteiger partial charge in [0.1, 0.15) is 0 Å². The van der Waals surface area contributed by atoms with E-state index in [0.717, 1.165) is 12.5 Å². The topological polar surface area (TPSA) is 75.3 Å². The fraction of sp³-hybridized carbons (Fsp3) is 0.533. The second-order valence-corrected chi connectivity index (χ2v) is 7.92. The Bertz CT molecular complexity index is 644. The highest BCUT2D eigenvalue weighted by Gasteiger charge is 2.30. The Morgan fingerprint density at radius 1 is 1.18 bits per heavy atom. The third-order valence-corrected chi connectivity index (χ3v) is 5.87. The third kappa shape index (κ3) is 4.00. The van der Waals surface area contributed by atoms with Crippen molar-refractivity contribution in [3.05, 3.63) is 29.8 Å². The van der Waals surface area contributed by atoms with Gasteiger partial charge in [-0.3, -0.25) is 4.79 Å². The van der Waals surface area contributed by atoms with Crippen LogP contribution in [0.1, 0.15) is 30.9 Å². The molecule has 1 fully saturated rings. The minimum atomic E-state index is -3.20. The first kappa shape index (κ1) is 17.2. The molecule has 1 saturated carbocycles. The number of carbonyl (C=O) groups excluding carboxylic acids is 1. The highest BCUT2D eigenvalue weighted by atomic mass is 35.5. The molecule has 1 amide bonds. The van der Waals surface area contributed by atoms with E-state index in [1.165, 1.54) is 12.8 Å². The van der Waals surface area contributed by atoms with E-state index in [1.807, 2.05) is 6.07 Å². The van der Waals surface area contributed by atoms with Gasteiger partial charge in [-0.15, -0.1) is 12.4 Å². The number of hydrogen-bond acceptors (Lipinski definition) is 4. The van der Waals surface area contributed by atoms with Gasteiger partial charge in [-0.1, -0.05) is 18.2 Å². The zero-order valence-electron chi connectivity index (χ0n) is 12.2. The molecule has 2 aliphatic rings. The van der Waals surface area contributed by atoms with Gasteiger partial charge in [0.05, 0.1) is 23.2 Å². The lowest BCUT2D eigenvalue weighted by Crippen LogP contribution is -2.39. The van der Waals surface area contributed by atoms with Crippen molar-refractivity contribution >= 4 is 28.2 Å². The van der Waals surface area contributed by atoms with Crippen LogP contribution in [0.3, 0.4) is 0 Å². The Morgan fingerprint density at radius 3 is 2.64 bits per heavy atom. The molecule has 1 aromatic carbocycles. The number of nitrogens with one attached hydrogen (secondary N) is 2. The molecule has 0 aromatic heterocycles. The molecule has 2 N–H and O–H groups in total. The maximum Gasteiger partial charge on any atom is 0.234 e. The van der Waals surface area contributed by atoms with E-state index in [0.29, 0.717) is 23.4 Å². The lowest BCUT2D eigenvalue weighted by molar-refractivity contribution is -0.121. The number of fused-ring (bicyclic) bond motifs is 1. The van der Waals surface area contributed by atoms with Gasteiger partial charge in [0, 0.05) is 0 Å². The van der Waals surface area contributed by atoms with Crippen LogP contribution in [0.15, 0.2) is 29.2 Å². The number of halogens is 1. The first-order valence-electron chi connectivity index (χ1n) is 7.38. The van der Waals surface area contributed by atoms with Crippen molar-refractivity contribution in [1.82, 2.24) is 10.6 Å². The van der Waals surface area contributed by atoms with Crippen LogP contribution < -0.4 is 10.6 Å². The predicted octanol–water partition coefficient (Wildman–Crippen LogP) is 1.44. The van der Waals surface area contributed by atoms with Crippen LogP contribution in [0.2, 0.25) is 0 Å². The standard InChI is InChI=1S/C15H20N2O3S.ClH/c18-15(10-16-9-11-5-6-11)17-13-7-8-21(19,20)14-4-2-1-3-12(13)14;/h1-4,11,13,16H,5-10H2,(H,17,18);1H. The Balaban J connectivity index is 0.00000176. The van der Waals surface area contributed by atoms with Gasteiger partial charge in [-0.05, 0) is 43.4 Å². The summed E-state index contributed by atoms with van der Waals surface area (Å²) >= 11 is 0. The summed E-state index contributed by atoms with van der Waals surface area (Å²) in [5.74, 6) is 0.748. The second kappa shape index (κ2) is 6.98. The molecular formula is C15H21ClN2O3S. The van der Waals surface area contributed by atoms with Crippen molar-refractivity contribution in [2.24, 2.45) is 5.92 Å². The summed E-state index contributed by atoms with van der Waals surface area (Å²) in [5, 5.41) is 6.09. The number of amides is 1. The van der Waals surface area contributed by atoms with Crippen LogP contribution in [-0.2, 0) is 14.6 Å². The molecule has 0 saturated heterocycles. The molecule has 1 aromatic rings. The van der Waals surface area contributed by atoms with E-state index in [4.69, 9.17) is 0 Å². The highest BCUT2D eigenvalue weighted by Crippen LogP contribution is 2.31. The number of rotatable bonds is 5. The molecule has 1 aliphatic heterocycles. The second-order valence-electron chi connectivity index (χ2n) is 5.84. The van der Waals surface area contributed by atoms with E-state index >= 15 is 0 Å². The van der Waals surface area contributed by atoms with Crippen LogP contribution in [0.4, 0.5) is 0 Å². The van der Waals surface area contributed by atoms with Crippen molar-refractivity contribution in [2.75, 3.05) is 18.8 Å². The summed E-state index contributed by atoms with van der Waals surface area (Å²) in [6, 6.07) is 6.73. The van der Waals surface area contributed by atoms with Crippen LogP contribution in [0, 0.1) is 5.92 Å². The summed E-state index contributed by atoms with van der Waals surface area (Å²) in [7, 11) is -3.20. The van der Waals surface area contributed by atoms with E-state index in [1.54, 1.807) is 18.2 Å². The number of sulfone groups is 1. The molecule has 0 spiro atoms. The Labute approximate surface area is 137 Å². The molecule has 7 heteroatoms. The van der Waals surface area contributed by atoms with Gasteiger partial charge in [0.25, 0.3) is 0 Å².